The van der Waals surface area contributed by atoms with Crippen LogP contribution in [0.25, 0.3) is 16.8 Å². The molecule has 0 amide bonds. The molecule has 0 unspecified atom stereocenters. The minimum atomic E-state index is -0.776. The molecule has 0 aliphatic carbocycles. The summed E-state index contributed by atoms with van der Waals surface area (Å²) in [5, 5.41) is 4.62. The van der Waals surface area contributed by atoms with Crippen LogP contribution in [0, 0.1) is 12.1 Å². The number of hydrogen-bond donors (Lipinski definition) is 0. The van der Waals surface area contributed by atoms with Crippen molar-refractivity contribution in [2.75, 3.05) is 0 Å². The van der Waals surface area contributed by atoms with E-state index in [0.29, 0.717) is 11.5 Å². The normalized spacial score (nSPS) is 11.9. The summed E-state index contributed by atoms with van der Waals surface area (Å²) >= 11 is 0. The predicted molar refractivity (Wildman–Crippen MR) is 207 cm³/mol. The van der Waals surface area contributed by atoms with Crippen molar-refractivity contribution in [1.82, 2.24) is 14.8 Å². The molecule has 0 saturated carbocycles. The van der Waals surface area contributed by atoms with Gasteiger partial charge in [0.05, 0.1) is 17.3 Å². The molecule has 7 rings (SSSR count). The molecule has 2 aromatic heterocycles. The van der Waals surface area contributed by atoms with Gasteiger partial charge in [0.15, 0.2) is 0 Å². The Balaban J connectivity index is 0.00000464. The third kappa shape index (κ3) is 7.44. The van der Waals surface area contributed by atoms with Crippen LogP contribution < -0.4 is 4.74 Å². The van der Waals surface area contributed by atoms with Crippen molar-refractivity contribution >= 4 is 0 Å². The number of ether oxygens (including phenoxy) is 1. The molecule has 7 aromatic rings. The van der Waals surface area contributed by atoms with Crippen molar-refractivity contribution in [3.05, 3.63) is 198 Å². The molecule has 52 heavy (non-hydrogen) atoms. The van der Waals surface area contributed by atoms with Gasteiger partial charge in [0.1, 0.15) is 0 Å². The molecule has 0 aliphatic heterocycles. The van der Waals surface area contributed by atoms with Crippen LogP contribution >= 0.6 is 0 Å². The summed E-state index contributed by atoms with van der Waals surface area (Å²) in [6, 6.07) is 53.4. The molecule has 2 heterocycles. The van der Waals surface area contributed by atoms with E-state index in [4.69, 9.17) is 9.72 Å². The first-order valence-electron chi connectivity index (χ1n) is 17.5. The number of nitrogens with zero attached hydrogens (tertiary/aromatic N) is 3. The molecule has 0 aliphatic rings. The third-order valence-electron chi connectivity index (χ3n) is 9.50. The van der Waals surface area contributed by atoms with Crippen LogP contribution in [-0.2, 0) is 36.7 Å². The second kappa shape index (κ2) is 14.9. The van der Waals surface area contributed by atoms with Crippen molar-refractivity contribution < 1.29 is 25.2 Å². The molecule has 5 aromatic carbocycles. The molecule has 262 valence electrons. The van der Waals surface area contributed by atoms with E-state index in [9.17, 15) is 0 Å². The number of hydrogen-bond acceptors (Lipinski definition) is 3. The Bertz CT molecular complexity index is 2170. The van der Waals surface area contributed by atoms with Gasteiger partial charge in [0.25, 0.3) is 0 Å². The zero-order valence-corrected chi connectivity index (χ0v) is 32.1. The first-order chi connectivity index (χ1) is 24.5. The summed E-state index contributed by atoms with van der Waals surface area (Å²) in [4.78, 5) is 5.03. The maximum absolute atomic E-state index is 6.53. The summed E-state index contributed by atoms with van der Waals surface area (Å²) in [7, 11) is 0. The van der Waals surface area contributed by atoms with Gasteiger partial charge < -0.3 is 4.74 Å². The molecule has 0 saturated heterocycles. The van der Waals surface area contributed by atoms with Gasteiger partial charge in [0, 0.05) is 29.5 Å². The van der Waals surface area contributed by atoms with Gasteiger partial charge >= 0.3 is 20.4 Å². The molecule has 0 bridgehead atoms. The van der Waals surface area contributed by atoms with E-state index in [2.05, 4.69) is 138 Å². The molecule has 0 fully saturated rings. The Labute approximate surface area is 322 Å². The van der Waals surface area contributed by atoms with Crippen molar-refractivity contribution in [1.29, 1.82) is 0 Å². The van der Waals surface area contributed by atoms with E-state index in [0.717, 1.165) is 39.2 Å². The van der Waals surface area contributed by atoms with E-state index in [1.165, 1.54) is 11.1 Å². The van der Waals surface area contributed by atoms with Crippen LogP contribution in [0.15, 0.2) is 152 Å². The molecule has 5 heteroatoms. The Morgan fingerprint density at radius 1 is 0.538 bits per heavy atom. The summed E-state index contributed by atoms with van der Waals surface area (Å²) < 4.78 is 8.35. The summed E-state index contributed by atoms with van der Waals surface area (Å²) in [5.41, 5.74) is 8.79. The van der Waals surface area contributed by atoms with Crippen LogP contribution in [-0.4, -0.2) is 14.8 Å². The molecular weight excluding hydrogens is 729 g/mol. The van der Waals surface area contributed by atoms with E-state index in [1.807, 2.05) is 77.9 Å². The molecule has 0 atom stereocenters. The first-order valence-corrected chi connectivity index (χ1v) is 17.5. The largest absolute Gasteiger partial charge is 2.00 e. The number of pyridine rings is 1. The third-order valence-corrected chi connectivity index (χ3v) is 9.50. The summed E-state index contributed by atoms with van der Waals surface area (Å²) in [6.07, 6.45) is 5.75. The van der Waals surface area contributed by atoms with Gasteiger partial charge in [0.2, 0.25) is 0 Å². The van der Waals surface area contributed by atoms with Crippen molar-refractivity contribution in [2.45, 2.75) is 57.8 Å². The van der Waals surface area contributed by atoms with Gasteiger partial charge in [-0.1, -0.05) is 126 Å². The Hall–Kier alpha value is -5.08. The first kappa shape index (κ1) is 36.7. The van der Waals surface area contributed by atoms with Gasteiger partial charge in [-0.25, -0.2) is 0 Å². The Morgan fingerprint density at radius 3 is 1.67 bits per heavy atom. The SMILES string of the molecule is CC(C)(C)c1ccc(C(c2[c-]c(Oc3[c-]c(-n4cc(-c5ccccc5)cn4)ccc3)ccc2)(c2ccc(C(C)(C)C)cc2)c2ccccn2)cc1.[Pd+2]. The fraction of sp³-hybridized carbons (Fsp3) is 0.191. The van der Waals surface area contributed by atoms with Gasteiger partial charge in [-0.3, -0.25) is 9.67 Å². The van der Waals surface area contributed by atoms with Crippen molar-refractivity contribution in [3.8, 4) is 28.3 Å². The van der Waals surface area contributed by atoms with Crippen LogP contribution in [0.3, 0.4) is 0 Å². The predicted octanol–water partition coefficient (Wildman–Crippen LogP) is 11.3. The Kier molecular flexibility index (Phi) is 10.5. The second-order valence-corrected chi connectivity index (χ2v) is 15.1. The standard InChI is InChI=1S/C47H43N3O.Pd/c1-45(2,3)36-21-25-38(26-22-36)47(44-20-10-11-29-48-44,39-27-23-37(24-28-39)46(4,5)6)40-16-12-18-42(30-40)51-43-19-13-17-41(31-43)50-33-35(32-49-50)34-14-8-7-9-15-34;/h7-29,32-33H,1-6H3;/q-2;+2. The average Bonchev–Trinajstić information content (AvgIpc) is 3.64. The second-order valence-electron chi connectivity index (χ2n) is 15.1. The maximum Gasteiger partial charge on any atom is 2.00 e. The van der Waals surface area contributed by atoms with E-state index in [-0.39, 0.29) is 31.3 Å². The minimum Gasteiger partial charge on any atom is -0.509 e. The van der Waals surface area contributed by atoms with E-state index >= 15 is 0 Å². The molecule has 4 nitrogen and oxygen atoms in total. The molecular formula is C47H43N3OPd. The maximum atomic E-state index is 6.53. The fourth-order valence-corrected chi connectivity index (χ4v) is 6.64. The Morgan fingerprint density at radius 2 is 1.10 bits per heavy atom. The smallest absolute Gasteiger partial charge is 0.509 e. The number of aromatic nitrogens is 3. The van der Waals surface area contributed by atoms with Gasteiger partial charge in [-0.15, -0.1) is 35.9 Å². The van der Waals surface area contributed by atoms with Crippen LogP contribution in [0.2, 0.25) is 0 Å². The van der Waals surface area contributed by atoms with Crippen molar-refractivity contribution in [2.24, 2.45) is 0 Å². The van der Waals surface area contributed by atoms with Crippen molar-refractivity contribution in [3.63, 3.8) is 0 Å². The number of rotatable bonds is 8. The zero-order chi connectivity index (χ0) is 35.6. The fourth-order valence-electron chi connectivity index (χ4n) is 6.64. The van der Waals surface area contributed by atoms with Crippen LogP contribution in [0.4, 0.5) is 0 Å². The summed E-state index contributed by atoms with van der Waals surface area (Å²) in [6.45, 7) is 13.5. The topological polar surface area (TPSA) is 39.9 Å². The molecule has 0 spiro atoms. The number of benzene rings is 5. The van der Waals surface area contributed by atoms with Crippen LogP contribution in [0.1, 0.15) is 75.1 Å². The van der Waals surface area contributed by atoms with Gasteiger partial charge in [-0.2, -0.15) is 23.3 Å². The minimum absolute atomic E-state index is 0. The monoisotopic (exact) mass is 771 g/mol. The summed E-state index contributed by atoms with van der Waals surface area (Å²) in [5.74, 6) is 1.16. The zero-order valence-electron chi connectivity index (χ0n) is 30.5. The van der Waals surface area contributed by atoms with Gasteiger partial charge in [-0.05, 0) is 56.5 Å². The van der Waals surface area contributed by atoms with Crippen LogP contribution in [0.5, 0.6) is 11.5 Å². The molecule has 0 radical (unpaired) electrons. The van der Waals surface area contributed by atoms with E-state index < -0.39 is 5.41 Å². The quantitative estimate of drug-likeness (QED) is 0.0877. The van der Waals surface area contributed by atoms with E-state index in [1.54, 1.807) is 0 Å². The average molecular weight is 772 g/mol. The molecule has 0 N–H and O–H groups in total.